The topological polar surface area (TPSA) is 109 Å². The molecule has 3 amide bonds. The van der Waals surface area contributed by atoms with Gasteiger partial charge in [-0.25, -0.2) is 9.37 Å². The molecule has 0 spiro atoms. The highest BCUT2D eigenvalue weighted by Gasteiger charge is 2.21. The number of nitrogens with zero attached hydrogens (tertiary/aromatic N) is 1. The second-order valence-corrected chi connectivity index (χ2v) is 12.1. The van der Waals surface area contributed by atoms with Crippen molar-refractivity contribution < 1.29 is 23.5 Å². The lowest BCUT2D eigenvalue weighted by Gasteiger charge is -2.15. The number of anilines is 2. The fourth-order valence-corrected chi connectivity index (χ4v) is 6.18. The van der Waals surface area contributed by atoms with Crippen LogP contribution in [-0.4, -0.2) is 35.1 Å². The van der Waals surface area contributed by atoms with Crippen LogP contribution < -0.4 is 20.7 Å². The molecule has 0 radical (unpaired) electrons. The van der Waals surface area contributed by atoms with Gasteiger partial charge >= 0.3 is 0 Å². The van der Waals surface area contributed by atoms with E-state index in [-0.39, 0.29) is 11.6 Å². The van der Waals surface area contributed by atoms with Crippen LogP contribution in [0.4, 0.5) is 15.2 Å². The van der Waals surface area contributed by atoms with E-state index < -0.39 is 22.9 Å². The third-order valence-electron chi connectivity index (χ3n) is 6.57. The number of hydrogen-bond acceptors (Lipinski definition) is 7. The minimum absolute atomic E-state index is 0.0206. The summed E-state index contributed by atoms with van der Waals surface area (Å²) in [6, 6.07) is 26.7. The largest absolute Gasteiger partial charge is 0.497 e. The summed E-state index contributed by atoms with van der Waals surface area (Å²) in [6.07, 6.45) is 2.03. The molecule has 1 unspecified atom stereocenters. The van der Waals surface area contributed by atoms with Gasteiger partial charge in [0.25, 0.3) is 11.8 Å². The summed E-state index contributed by atoms with van der Waals surface area (Å²) in [5.41, 5.74) is 2.13. The van der Waals surface area contributed by atoms with Crippen LogP contribution in [-0.2, 0) is 9.59 Å². The lowest BCUT2D eigenvalue weighted by Crippen LogP contribution is -2.30. The molecule has 8 nitrogen and oxygen atoms in total. The van der Waals surface area contributed by atoms with Gasteiger partial charge in [0.05, 0.1) is 22.6 Å². The molecule has 0 saturated heterocycles. The Labute approximate surface area is 267 Å². The molecular formula is C34H29FN4O4S2. The molecule has 45 heavy (non-hydrogen) atoms. The molecule has 228 valence electrons. The molecule has 0 bridgehead atoms. The zero-order valence-electron chi connectivity index (χ0n) is 24.4. The van der Waals surface area contributed by atoms with E-state index in [1.54, 1.807) is 55.6 Å². The number of amides is 3. The minimum atomic E-state index is -0.567. The summed E-state index contributed by atoms with van der Waals surface area (Å²) >= 11 is 2.74. The molecule has 0 aliphatic heterocycles. The number of benzene rings is 4. The Hall–Kier alpha value is -5.00. The number of methoxy groups -OCH3 is 1. The van der Waals surface area contributed by atoms with Gasteiger partial charge in [0.1, 0.15) is 17.3 Å². The Bertz CT molecular complexity index is 1860. The van der Waals surface area contributed by atoms with Crippen molar-refractivity contribution in [3.63, 3.8) is 0 Å². The van der Waals surface area contributed by atoms with Crippen LogP contribution in [0.5, 0.6) is 5.75 Å². The summed E-state index contributed by atoms with van der Waals surface area (Å²) in [7, 11) is 1.60. The molecule has 3 N–H and O–H groups in total. The van der Waals surface area contributed by atoms with Crippen molar-refractivity contribution in [1.82, 2.24) is 10.3 Å². The Morgan fingerprint density at radius 1 is 0.956 bits per heavy atom. The van der Waals surface area contributed by atoms with Crippen LogP contribution in [0.15, 0.2) is 108 Å². The van der Waals surface area contributed by atoms with Crippen LogP contribution in [0.2, 0.25) is 0 Å². The number of aromatic nitrogens is 1. The maximum atomic E-state index is 13.5. The normalized spacial score (nSPS) is 11.9. The number of ether oxygens (including phenoxy) is 1. The quantitative estimate of drug-likeness (QED) is 0.103. The number of rotatable bonds is 11. The van der Waals surface area contributed by atoms with Gasteiger partial charge in [-0.15, -0.1) is 11.8 Å². The second kappa shape index (κ2) is 14.7. The lowest BCUT2D eigenvalue weighted by molar-refractivity contribution is -0.116. The van der Waals surface area contributed by atoms with Gasteiger partial charge in [-0.05, 0) is 78.7 Å². The predicted molar refractivity (Wildman–Crippen MR) is 178 cm³/mol. The second-order valence-electron chi connectivity index (χ2n) is 9.77. The highest BCUT2D eigenvalue weighted by molar-refractivity contribution is 8.00. The fourth-order valence-electron chi connectivity index (χ4n) is 4.27. The van der Waals surface area contributed by atoms with Crippen molar-refractivity contribution >= 4 is 67.9 Å². The first-order chi connectivity index (χ1) is 21.8. The Balaban J connectivity index is 1.29. The van der Waals surface area contributed by atoms with E-state index in [0.717, 1.165) is 20.9 Å². The van der Waals surface area contributed by atoms with Crippen molar-refractivity contribution in [1.29, 1.82) is 0 Å². The monoisotopic (exact) mass is 640 g/mol. The molecule has 1 aromatic heterocycles. The molecule has 0 aliphatic rings. The number of carbonyl (C=O) groups excluding carboxylic acids is 3. The molecule has 0 saturated carbocycles. The van der Waals surface area contributed by atoms with Gasteiger partial charge in [0.2, 0.25) is 5.91 Å². The van der Waals surface area contributed by atoms with Crippen molar-refractivity contribution in [3.8, 4) is 5.75 Å². The average molecular weight is 641 g/mol. The van der Waals surface area contributed by atoms with E-state index in [9.17, 15) is 18.8 Å². The lowest BCUT2D eigenvalue weighted by atomic mass is 10.1. The highest BCUT2D eigenvalue weighted by atomic mass is 32.2. The van der Waals surface area contributed by atoms with Gasteiger partial charge < -0.3 is 20.7 Å². The van der Waals surface area contributed by atoms with E-state index in [2.05, 4.69) is 20.9 Å². The van der Waals surface area contributed by atoms with E-state index in [0.29, 0.717) is 28.4 Å². The number of thioether (sulfide) groups is 1. The van der Waals surface area contributed by atoms with Crippen molar-refractivity contribution in [3.05, 3.63) is 120 Å². The molecule has 0 aliphatic carbocycles. The van der Waals surface area contributed by atoms with E-state index in [1.807, 2.05) is 31.2 Å². The molecule has 11 heteroatoms. The van der Waals surface area contributed by atoms with Crippen LogP contribution in [0, 0.1) is 5.82 Å². The fraction of sp³-hybridized carbons (Fsp3) is 0.118. The van der Waals surface area contributed by atoms with Gasteiger partial charge in [-0.2, -0.15) is 0 Å². The molecule has 1 heterocycles. The number of nitrogens with one attached hydrogen (secondary N) is 3. The van der Waals surface area contributed by atoms with E-state index >= 15 is 0 Å². The van der Waals surface area contributed by atoms with Gasteiger partial charge in [0.15, 0.2) is 5.13 Å². The third-order valence-corrected chi connectivity index (χ3v) is 8.86. The summed E-state index contributed by atoms with van der Waals surface area (Å²) in [4.78, 5) is 44.8. The molecule has 4 aromatic carbocycles. The molecule has 0 fully saturated rings. The SMILES string of the molecule is CCC(Sc1cccc(NC(=O)/C(=C/c2ccc(F)cc2)NC(=O)c2ccccc2)c1)C(=O)Nc1nc2ccc(OC)cc2s1. The zero-order chi connectivity index (χ0) is 31.8. The van der Waals surface area contributed by atoms with Crippen LogP contribution in [0.25, 0.3) is 16.3 Å². The van der Waals surface area contributed by atoms with Crippen molar-refractivity contribution in [2.24, 2.45) is 0 Å². The highest BCUT2D eigenvalue weighted by Crippen LogP contribution is 2.32. The minimum Gasteiger partial charge on any atom is -0.497 e. The smallest absolute Gasteiger partial charge is 0.272 e. The maximum Gasteiger partial charge on any atom is 0.272 e. The summed E-state index contributed by atoms with van der Waals surface area (Å²) in [6.45, 7) is 1.92. The Kier molecular flexibility index (Phi) is 10.2. The van der Waals surface area contributed by atoms with Crippen LogP contribution >= 0.6 is 23.1 Å². The first-order valence-corrected chi connectivity index (χ1v) is 15.7. The summed E-state index contributed by atoms with van der Waals surface area (Å²) < 4.78 is 19.7. The van der Waals surface area contributed by atoms with Crippen molar-refractivity contribution in [2.75, 3.05) is 17.7 Å². The van der Waals surface area contributed by atoms with E-state index in [4.69, 9.17) is 4.74 Å². The maximum absolute atomic E-state index is 13.5. The van der Waals surface area contributed by atoms with Gasteiger partial charge in [-0.1, -0.05) is 54.7 Å². The average Bonchev–Trinajstić information content (AvgIpc) is 3.46. The predicted octanol–water partition coefficient (Wildman–Crippen LogP) is 7.36. The number of carbonyl (C=O) groups is 3. The summed E-state index contributed by atoms with van der Waals surface area (Å²) in [5.74, 6) is -0.915. The molecule has 1 atom stereocenters. The van der Waals surface area contributed by atoms with Crippen LogP contribution in [0.1, 0.15) is 29.3 Å². The third kappa shape index (κ3) is 8.34. The molecule has 5 aromatic rings. The van der Waals surface area contributed by atoms with E-state index in [1.165, 1.54) is 53.4 Å². The number of halogens is 1. The first kappa shape index (κ1) is 31.4. The Morgan fingerprint density at radius 3 is 2.47 bits per heavy atom. The zero-order valence-corrected chi connectivity index (χ0v) is 26.0. The van der Waals surface area contributed by atoms with Crippen molar-refractivity contribution in [2.45, 2.75) is 23.5 Å². The number of thiazole rings is 1. The molecule has 5 rings (SSSR count). The van der Waals surface area contributed by atoms with Gasteiger partial charge in [-0.3, -0.25) is 14.4 Å². The molecular weight excluding hydrogens is 612 g/mol. The Morgan fingerprint density at radius 2 is 1.73 bits per heavy atom. The van der Waals surface area contributed by atoms with Crippen LogP contribution in [0.3, 0.4) is 0 Å². The number of hydrogen-bond donors (Lipinski definition) is 3. The number of fused-ring (bicyclic) bond motifs is 1. The first-order valence-electron chi connectivity index (χ1n) is 14.0. The standard InChI is InChI=1S/C34H29FN4O4S2/c1-3-29(33(42)39-34-38-27-17-16-25(43-2)20-30(27)45-34)44-26-11-7-10-24(19-26)36-32(41)28(18-21-12-14-23(35)15-13-21)37-31(40)22-8-5-4-6-9-22/h4-20,29H,3H2,1-2H3,(H,36,41)(H,37,40)(H,38,39,42)/b28-18-. The summed E-state index contributed by atoms with van der Waals surface area (Å²) in [5, 5.41) is 8.51. The van der Waals surface area contributed by atoms with Gasteiger partial charge in [0, 0.05) is 16.1 Å².